The molecule has 134 valence electrons. The van der Waals surface area contributed by atoms with E-state index < -0.39 is 21.6 Å². The Morgan fingerprint density at radius 1 is 1.24 bits per heavy atom. The van der Waals surface area contributed by atoms with Crippen LogP contribution in [0.25, 0.3) is 0 Å². The van der Waals surface area contributed by atoms with Crippen LogP contribution in [0.4, 0.5) is 4.39 Å². The third-order valence-electron chi connectivity index (χ3n) is 3.51. The molecule has 0 aliphatic rings. The molecule has 0 saturated carbocycles. The molecule has 1 amide bonds. The fourth-order valence-corrected chi connectivity index (χ4v) is 3.69. The van der Waals surface area contributed by atoms with Crippen molar-refractivity contribution in [1.82, 2.24) is 5.32 Å². The normalized spacial score (nSPS) is 11.2. The number of amides is 1. The first-order valence-corrected chi connectivity index (χ1v) is 9.43. The van der Waals surface area contributed by atoms with Crippen LogP contribution >= 0.6 is 11.6 Å². The van der Waals surface area contributed by atoms with E-state index in [2.05, 4.69) is 5.32 Å². The van der Waals surface area contributed by atoms with Crippen molar-refractivity contribution in [3.8, 4) is 5.75 Å². The van der Waals surface area contributed by atoms with E-state index in [1.807, 2.05) is 0 Å². The lowest BCUT2D eigenvalue weighted by Crippen LogP contribution is -2.25. The summed E-state index contributed by atoms with van der Waals surface area (Å²) in [6, 6.07) is 10.2. The van der Waals surface area contributed by atoms with Gasteiger partial charge in [0.25, 0.3) is 0 Å². The van der Waals surface area contributed by atoms with Crippen molar-refractivity contribution < 1.29 is 22.3 Å². The van der Waals surface area contributed by atoms with Crippen molar-refractivity contribution in [3.05, 3.63) is 58.9 Å². The zero-order valence-electron chi connectivity index (χ0n) is 13.5. The van der Waals surface area contributed by atoms with Crippen LogP contribution < -0.4 is 10.1 Å². The molecule has 0 aromatic heterocycles. The summed E-state index contributed by atoms with van der Waals surface area (Å²) in [4.78, 5) is 11.8. The predicted molar refractivity (Wildman–Crippen MR) is 92.9 cm³/mol. The summed E-state index contributed by atoms with van der Waals surface area (Å²) in [5, 5.41) is 2.68. The number of sulfone groups is 1. The first kappa shape index (κ1) is 19.2. The summed E-state index contributed by atoms with van der Waals surface area (Å²) in [5.74, 6) is -0.920. The van der Waals surface area contributed by atoms with Gasteiger partial charge < -0.3 is 10.1 Å². The van der Waals surface area contributed by atoms with Crippen LogP contribution in [0.3, 0.4) is 0 Å². The van der Waals surface area contributed by atoms with Gasteiger partial charge in [-0.05, 0) is 24.3 Å². The van der Waals surface area contributed by atoms with Gasteiger partial charge in [0.05, 0.1) is 22.8 Å². The second kappa shape index (κ2) is 8.31. The number of carbonyl (C=O) groups is 1. The molecule has 0 aliphatic carbocycles. The number of nitrogens with one attached hydrogen (secondary N) is 1. The summed E-state index contributed by atoms with van der Waals surface area (Å²) in [5.41, 5.74) is 0.334. The summed E-state index contributed by atoms with van der Waals surface area (Å²) >= 11 is 5.93. The summed E-state index contributed by atoms with van der Waals surface area (Å²) in [7, 11) is -2.24. The van der Waals surface area contributed by atoms with Gasteiger partial charge in [0.15, 0.2) is 9.84 Å². The third kappa shape index (κ3) is 5.17. The fraction of sp³-hybridized carbons (Fsp3) is 0.235. The highest BCUT2D eigenvalue weighted by atomic mass is 35.5. The van der Waals surface area contributed by atoms with Crippen LogP contribution in [-0.2, 0) is 21.2 Å². The number of rotatable bonds is 7. The molecule has 25 heavy (non-hydrogen) atoms. The standard InChI is InChI=1S/C17H17ClFNO4S/c1-24-16-7-6-13(10-14(16)18)25(22,23)9-8-17(21)20-11-12-4-2-3-5-15(12)19/h2-7,10H,8-9,11H2,1H3,(H,20,21). The number of halogens is 2. The Morgan fingerprint density at radius 3 is 2.60 bits per heavy atom. The number of hydrogen-bond donors (Lipinski definition) is 1. The van der Waals surface area contributed by atoms with Crippen molar-refractivity contribution in [2.75, 3.05) is 12.9 Å². The van der Waals surface area contributed by atoms with Crippen LogP contribution in [0.2, 0.25) is 5.02 Å². The summed E-state index contributed by atoms with van der Waals surface area (Å²) in [6.45, 7) is -0.0000811. The highest BCUT2D eigenvalue weighted by Gasteiger charge is 2.18. The summed E-state index contributed by atoms with van der Waals surface area (Å²) < 4.78 is 43.0. The average Bonchev–Trinajstić information content (AvgIpc) is 2.59. The molecule has 0 fully saturated rings. The monoisotopic (exact) mass is 385 g/mol. The molecule has 1 N–H and O–H groups in total. The van der Waals surface area contributed by atoms with Crippen LogP contribution in [0.1, 0.15) is 12.0 Å². The van der Waals surface area contributed by atoms with Gasteiger partial charge in [0.1, 0.15) is 11.6 Å². The van der Waals surface area contributed by atoms with Gasteiger partial charge in [-0.1, -0.05) is 29.8 Å². The van der Waals surface area contributed by atoms with Crippen LogP contribution in [0, 0.1) is 5.82 Å². The minimum atomic E-state index is -3.67. The van der Waals surface area contributed by atoms with Crippen molar-refractivity contribution in [2.24, 2.45) is 0 Å². The molecule has 8 heteroatoms. The van der Waals surface area contributed by atoms with Gasteiger partial charge in [-0.15, -0.1) is 0 Å². The number of methoxy groups -OCH3 is 1. The van der Waals surface area contributed by atoms with E-state index in [-0.39, 0.29) is 28.6 Å². The molecule has 0 saturated heterocycles. The van der Waals surface area contributed by atoms with Gasteiger partial charge in [-0.2, -0.15) is 0 Å². The Morgan fingerprint density at radius 2 is 1.96 bits per heavy atom. The minimum absolute atomic E-state index is 0.0000811. The molecule has 0 bridgehead atoms. The van der Waals surface area contributed by atoms with E-state index in [0.29, 0.717) is 11.3 Å². The van der Waals surface area contributed by atoms with Gasteiger partial charge in [-0.25, -0.2) is 12.8 Å². The predicted octanol–water partition coefficient (Wildman–Crippen LogP) is 2.97. The molecule has 2 rings (SSSR count). The Kier molecular flexibility index (Phi) is 6.39. The molecule has 5 nitrogen and oxygen atoms in total. The molecular weight excluding hydrogens is 369 g/mol. The van der Waals surface area contributed by atoms with Gasteiger partial charge in [-0.3, -0.25) is 4.79 Å². The molecule has 0 atom stereocenters. The largest absolute Gasteiger partial charge is 0.495 e. The molecular formula is C17H17ClFNO4S. The topological polar surface area (TPSA) is 72.5 Å². The highest BCUT2D eigenvalue weighted by Crippen LogP contribution is 2.27. The van der Waals surface area contributed by atoms with Crippen LogP contribution in [0.5, 0.6) is 5.75 Å². The SMILES string of the molecule is COc1ccc(S(=O)(=O)CCC(=O)NCc2ccccc2F)cc1Cl. The van der Waals surface area contributed by atoms with Gasteiger partial charge in [0, 0.05) is 18.5 Å². The Balaban J connectivity index is 1.94. The van der Waals surface area contributed by atoms with E-state index in [9.17, 15) is 17.6 Å². The zero-order valence-corrected chi connectivity index (χ0v) is 15.0. The van der Waals surface area contributed by atoms with Crippen LogP contribution in [0.15, 0.2) is 47.4 Å². The summed E-state index contributed by atoms with van der Waals surface area (Å²) in [6.07, 6.45) is -0.236. The number of hydrogen-bond acceptors (Lipinski definition) is 4. The molecule has 2 aromatic rings. The lowest BCUT2D eigenvalue weighted by molar-refractivity contribution is -0.120. The molecule has 0 aliphatic heterocycles. The number of benzene rings is 2. The highest BCUT2D eigenvalue weighted by molar-refractivity contribution is 7.91. The molecule has 0 spiro atoms. The van der Waals surface area contributed by atoms with E-state index in [1.54, 1.807) is 18.2 Å². The zero-order chi connectivity index (χ0) is 18.4. The Labute approximate surface area is 150 Å². The van der Waals surface area contributed by atoms with E-state index in [4.69, 9.17) is 16.3 Å². The second-order valence-electron chi connectivity index (χ2n) is 5.23. The third-order valence-corrected chi connectivity index (χ3v) is 5.52. The Hall–Kier alpha value is -2.12. The molecule has 0 unspecified atom stereocenters. The molecule has 0 heterocycles. The second-order valence-corrected chi connectivity index (χ2v) is 7.75. The lowest BCUT2D eigenvalue weighted by Gasteiger charge is -2.08. The smallest absolute Gasteiger partial charge is 0.221 e. The minimum Gasteiger partial charge on any atom is -0.495 e. The van der Waals surface area contributed by atoms with Gasteiger partial charge in [0.2, 0.25) is 5.91 Å². The lowest BCUT2D eigenvalue weighted by atomic mass is 10.2. The number of carbonyl (C=O) groups excluding carboxylic acids is 1. The molecule has 2 aromatic carbocycles. The quantitative estimate of drug-likeness (QED) is 0.795. The van der Waals surface area contributed by atoms with Crippen LogP contribution in [-0.4, -0.2) is 27.2 Å². The maximum absolute atomic E-state index is 13.5. The van der Waals surface area contributed by atoms with Crippen molar-refractivity contribution in [1.29, 1.82) is 0 Å². The van der Waals surface area contributed by atoms with Crippen molar-refractivity contribution in [3.63, 3.8) is 0 Å². The first-order chi connectivity index (χ1) is 11.8. The maximum Gasteiger partial charge on any atom is 0.221 e. The van der Waals surface area contributed by atoms with E-state index in [0.717, 1.165) is 0 Å². The van der Waals surface area contributed by atoms with Gasteiger partial charge >= 0.3 is 0 Å². The van der Waals surface area contributed by atoms with E-state index >= 15 is 0 Å². The Bertz CT molecular complexity index is 871. The van der Waals surface area contributed by atoms with E-state index in [1.165, 1.54) is 31.4 Å². The van der Waals surface area contributed by atoms with Crippen molar-refractivity contribution >= 4 is 27.3 Å². The molecule has 0 radical (unpaired) electrons. The number of ether oxygens (including phenoxy) is 1. The average molecular weight is 386 g/mol. The fourth-order valence-electron chi connectivity index (χ4n) is 2.11. The first-order valence-electron chi connectivity index (χ1n) is 7.40. The maximum atomic E-state index is 13.5. The van der Waals surface area contributed by atoms with Crippen molar-refractivity contribution in [2.45, 2.75) is 17.9 Å².